The highest BCUT2D eigenvalue weighted by atomic mass is 32.2. The Hall–Kier alpha value is -2.91. The summed E-state index contributed by atoms with van der Waals surface area (Å²) in [4.78, 5) is 24.4. The second-order valence-electron chi connectivity index (χ2n) is 8.15. The van der Waals surface area contributed by atoms with Crippen molar-refractivity contribution in [2.45, 2.75) is 50.3 Å². The predicted octanol–water partition coefficient (Wildman–Crippen LogP) is 4.63. The molecule has 9 heteroatoms. The lowest BCUT2D eigenvalue weighted by molar-refractivity contribution is 0.0697. The van der Waals surface area contributed by atoms with Crippen LogP contribution in [-0.4, -0.2) is 44.5 Å². The molecule has 0 unspecified atom stereocenters. The summed E-state index contributed by atoms with van der Waals surface area (Å²) < 4.78 is 38.6. The van der Waals surface area contributed by atoms with Gasteiger partial charge in [0, 0.05) is 20.2 Å². The molecule has 3 aromatic rings. The van der Waals surface area contributed by atoms with E-state index in [1.165, 1.54) is 63.7 Å². The Morgan fingerprint density at radius 2 is 1.73 bits per heavy atom. The number of hydrogen-bond acceptors (Lipinski definition) is 6. The zero-order chi connectivity index (χ0) is 24.2. The van der Waals surface area contributed by atoms with Crippen molar-refractivity contribution < 1.29 is 27.5 Å². The standard InChI is InChI=1S/C24H29NO7S/c1-4-5-6-7-8-9-12-31-17-14-19-22(26)18-13-16(24(27)28)10-11-20(18)32-23(19)21(15-17)33(29,30)25(2)3/h10-11,13-15H,4-9,12H2,1-3H3,(H,27,28). The molecule has 2 aromatic carbocycles. The summed E-state index contributed by atoms with van der Waals surface area (Å²) in [7, 11) is -1.17. The van der Waals surface area contributed by atoms with E-state index in [1.54, 1.807) is 0 Å². The van der Waals surface area contributed by atoms with Crippen LogP contribution in [0.15, 0.2) is 44.4 Å². The Bertz CT molecular complexity index is 1330. The highest BCUT2D eigenvalue weighted by molar-refractivity contribution is 7.89. The fraction of sp³-hybridized carbons (Fsp3) is 0.417. The van der Waals surface area contributed by atoms with E-state index in [2.05, 4.69) is 6.92 Å². The molecular weight excluding hydrogens is 446 g/mol. The largest absolute Gasteiger partial charge is 0.494 e. The molecule has 0 radical (unpaired) electrons. The van der Waals surface area contributed by atoms with Crippen LogP contribution < -0.4 is 10.2 Å². The van der Waals surface area contributed by atoms with Crippen LogP contribution in [0.5, 0.6) is 5.75 Å². The first kappa shape index (κ1) is 24.7. The van der Waals surface area contributed by atoms with Crippen molar-refractivity contribution >= 4 is 37.9 Å². The summed E-state index contributed by atoms with van der Waals surface area (Å²) in [6, 6.07) is 6.72. The summed E-state index contributed by atoms with van der Waals surface area (Å²) >= 11 is 0. The van der Waals surface area contributed by atoms with Crippen molar-refractivity contribution in [1.29, 1.82) is 0 Å². The van der Waals surface area contributed by atoms with Gasteiger partial charge in [0.15, 0.2) is 5.58 Å². The SMILES string of the molecule is CCCCCCCCOc1cc(S(=O)(=O)N(C)C)c2oc3ccc(C(=O)O)cc3c(=O)c2c1. The average molecular weight is 476 g/mol. The number of unbranched alkanes of at least 4 members (excludes halogenated alkanes) is 5. The lowest BCUT2D eigenvalue weighted by atomic mass is 10.1. The van der Waals surface area contributed by atoms with E-state index in [9.17, 15) is 23.1 Å². The van der Waals surface area contributed by atoms with Crippen LogP contribution in [0.4, 0.5) is 0 Å². The molecule has 1 N–H and O–H groups in total. The Morgan fingerprint density at radius 1 is 1.03 bits per heavy atom. The fourth-order valence-corrected chi connectivity index (χ4v) is 4.62. The quantitative estimate of drug-likeness (QED) is 0.317. The molecule has 0 fully saturated rings. The van der Waals surface area contributed by atoms with Crippen molar-refractivity contribution in [2.75, 3.05) is 20.7 Å². The van der Waals surface area contributed by atoms with E-state index in [1.807, 2.05) is 0 Å². The summed E-state index contributed by atoms with van der Waals surface area (Å²) in [5, 5.41) is 9.33. The van der Waals surface area contributed by atoms with Crippen LogP contribution in [0.25, 0.3) is 21.9 Å². The maximum atomic E-state index is 13.2. The zero-order valence-electron chi connectivity index (χ0n) is 19.1. The molecule has 0 saturated heterocycles. The predicted molar refractivity (Wildman–Crippen MR) is 127 cm³/mol. The Balaban J connectivity index is 2.07. The highest BCUT2D eigenvalue weighted by Gasteiger charge is 2.25. The van der Waals surface area contributed by atoms with E-state index >= 15 is 0 Å². The van der Waals surface area contributed by atoms with Crippen LogP contribution in [0.3, 0.4) is 0 Å². The lowest BCUT2D eigenvalue weighted by Gasteiger charge is -2.15. The fourth-order valence-electron chi connectivity index (χ4n) is 3.58. The van der Waals surface area contributed by atoms with Crippen LogP contribution in [0.2, 0.25) is 0 Å². The monoisotopic (exact) mass is 475 g/mol. The average Bonchev–Trinajstić information content (AvgIpc) is 2.78. The topological polar surface area (TPSA) is 114 Å². The normalized spacial score (nSPS) is 12.0. The first-order valence-corrected chi connectivity index (χ1v) is 12.4. The molecule has 0 amide bonds. The van der Waals surface area contributed by atoms with Crippen LogP contribution in [0, 0.1) is 0 Å². The van der Waals surface area contributed by atoms with Gasteiger partial charge in [-0.25, -0.2) is 17.5 Å². The van der Waals surface area contributed by atoms with Crippen molar-refractivity contribution in [1.82, 2.24) is 4.31 Å². The molecular formula is C24H29NO7S. The number of hydrogen-bond donors (Lipinski definition) is 1. The molecule has 33 heavy (non-hydrogen) atoms. The van der Waals surface area contributed by atoms with Gasteiger partial charge in [-0.1, -0.05) is 39.0 Å². The van der Waals surface area contributed by atoms with Crippen LogP contribution in [-0.2, 0) is 10.0 Å². The molecule has 0 saturated carbocycles. The minimum atomic E-state index is -3.95. The summed E-state index contributed by atoms with van der Waals surface area (Å²) in [6.45, 7) is 2.55. The van der Waals surface area contributed by atoms with Gasteiger partial charge in [-0.15, -0.1) is 0 Å². The number of aromatic carboxylic acids is 1. The molecule has 178 valence electrons. The maximum absolute atomic E-state index is 13.2. The van der Waals surface area contributed by atoms with Crippen LogP contribution >= 0.6 is 0 Å². The number of fused-ring (bicyclic) bond motifs is 2. The smallest absolute Gasteiger partial charge is 0.335 e. The molecule has 0 aliphatic rings. The van der Waals surface area contributed by atoms with Crippen molar-refractivity contribution in [3.8, 4) is 5.75 Å². The Kier molecular flexibility index (Phi) is 7.76. The number of sulfonamides is 1. The van der Waals surface area contributed by atoms with Gasteiger partial charge in [0.2, 0.25) is 15.5 Å². The molecule has 8 nitrogen and oxygen atoms in total. The zero-order valence-corrected chi connectivity index (χ0v) is 19.9. The van der Waals surface area contributed by atoms with Gasteiger partial charge in [-0.05, 0) is 30.7 Å². The Morgan fingerprint density at radius 3 is 2.39 bits per heavy atom. The van der Waals surface area contributed by atoms with Crippen molar-refractivity contribution in [3.05, 3.63) is 46.1 Å². The molecule has 0 spiro atoms. The van der Waals surface area contributed by atoms with Gasteiger partial charge in [0.1, 0.15) is 16.2 Å². The van der Waals surface area contributed by atoms with E-state index in [-0.39, 0.29) is 38.1 Å². The number of carbonyl (C=O) groups is 1. The number of benzene rings is 2. The molecule has 1 heterocycles. The third kappa shape index (κ3) is 5.36. The van der Waals surface area contributed by atoms with E-state index in [0.717, 1.165) is 23.6 Å². The third-order valence-corrected chi connectivity index (χ3v) is 7.30. The van der Waals surface area contributed by atoms with Gasteiger partial charge in [0.05, 0.1) is 22.9 Å². The highest BCUT2D eigenvalue weighted by Crippen LogP contribution is 2.31. The van der Waals surface area contributed by atoms with Gasteiger partial charge in [-0.2, -0.15) is 0 Å². The van der Waals surface area contributed by atoms with Crippen LogP contribution in [0.1, 0.15) is 55.8 Å². The maximum Gasteiger partial charge on any atom is 0.335 e. The molecule has 1 aromatic heterocycles. The summed E-state index contributed by atoms with van der Waals surface area (Å²) in [5.74, 6) is -0.930. The van der Waals surface area contributed by atoms with Gasteiger partial charge in [-0.3, -0.25) is 4.79 Å². The van der Waals surface area contributed by atoms with Crippen molar-refractivity contribution in [3.63, 3.8) is 0 Å². The summed E-state index contributed by atoms with van der Waals surface area (Å²) in [6.07, 6.45) is 6.46. The van der Waals surface area contributed by atoms with E-state index in [0.29, 0.717) is 6.61 Å². The number of rotatable bonds is 11. The summed E-state index contributed by atoms with van der Waals surface area (Å²) in [5.41, 5.74) is -0.565. The minimum absolute atomic E-state index is 0.0194. The molecule has 0 aliphatic heterocycles. The number of carboxylic acids is 1. The molecule has 0 bridgehead atoms. The first-order chi connectivity index (χ1) is 15.7. The molecule has 0 atom stereocenters. The van der Waals surface area contributed by atoms with Gasteiger partial charge in [0.25, 0.3) is 0 Å². The number of ether oxygens (including phenoxy) is 1. The second kappa shape index (κ2) is 10.4. The first-order valence-electron chi connectivity index (χ1n) is 11.0. The number of nitrogens with zero attached hydrogens (tertiary/aromatic N) is 1. The van der Waals surface area contributed by atoms with Gasteiger partial charge >= 0.3 is 5.97 Å². The minimum Gasteiger partial charge on any atom is -0.494 e. The Labute approximate surface area is 192 Å². The van der Waals surface area contributed by atoms with Crippen molar-refractivity contribution in [2.24, 2.45) is 0 Å². The van der Waals surface area contributed by atoms with E-state index < -0.39 is 21.4 Å². The molecule has 0 aliphatic carbocycles. The molecule has 3 rings (SSSR count). The third-order valence-electron chi connectivity index (χ3n) is 5.48. The number of carboxylic acid groups (broad SMARTS) is 1. The van der Waals surface area contributed by atoms with E-state index in [4.69, 9.17) is 9.15 Å². The second-order valence-corrected chi connectivity index (χ2v) is 10.3. The lowest BCUT2D eigenvalue weighted by Crippen LogP contribution is -2.23. The van der Waals surface area contributed by atoms with Gasteiger partial charge < -0.3 is 14.3 Å².